The van der Waals surface area contributed by atoms with Crippen LogP contribution in [-0.2, 0) is 6.54 Å². The monoisotopic (exact) mass is 281 g/mol. The van der Waals surface area contributed by atoms with Crippen LogP contribution in [0.4, 0.5) is 10.1 Å². The lowest BCUT2D eigenvalue weighted by Crippen LogP contribution is -2.04. The van der Waals surface area contributed by atoms with Gasteiger partial charge in [-0.25, -0.2) is 9.37 Å². The van der Waals surface area contributed by atoms with E-state index in [9.17, 15) is 4.39 Å². The van der Waals surface area contributed by atoms with E-state index in [0.717, 1.165) is 16.9 Å². The summed E-state index contributed by atoms with van der Waals surface area (Å²) in [5, 5.41) is 3.35. The van der Waals surface area contributed by atoms with E-state index in [4.69, 9.17) is 0 Å². The second kappa shape index (κ2) is 5.79. The molecule has 0 saturated heterocycles. The topological polar surface area (TPSA) is 29.9 Å². The Kier molecular flexibility index (Phi) is 3.69. The third-order valence-corrected chi connectivity index (χ3v) is 3.41. The number of hydrogen-bond acceptors (Lipinski definition) is 2. The molecule has 3 rings (SSSR count). The molecule has 1 heterocycles. The molecule has 0 bridgehead atoms. The highest BCUT2D eigenvalue weighted by Crippen LogP contribution is 2.20. The lowest BCUT2D eigenvalue weighted by atomic mass is 10.1. The van der Waals surface area contributed by atoms with Gasteiger partial charge in [0, 0.05) is 18.9 Å². The number of halogens is 1. The van der Waals surface area contributed by atoms with Gasteiger partial charge in [0.1, 0.15) is 5.82 Å². The zero-order valence-electron chi connectivity index (χ0n) is 11.8. The van der Waals surface area contributed by atoms with Gasteiger partial charge in [0.2, 0.25) is 0 Å². The number of nitrogens with one attached hydrogen (secondary N) is 1. The zero-order chi connectivity index (χ0) is 14.7. The SMILES string of the molecule is Cc1ccc(CNc2ccccc2-n2ccnc2)cc1F. The molecule has 0 aliphatic rings. The van der Waals surface area contributed by atoms with Crippen LogP contribution in [0.5, 0.6) is 0 Å². The summed E-state index contributed by atoms with van der Waals surface area (Å²) >= 11 is 0. The van der Waals surface area contributed by atoms with Crippen LogP contribution in [0.2, 0.25) is 0 Å². The largest absolute Gasteiger partial charge is 0.379 e. The molecule has 106 valence electrons. The summed E-state index contributed by atoms with van der Waals surface area (Å²) in [7, 11) is 0. The molecule has 1 N–H and O–H groups in total. The maximum atomic E-state index is 13.6. The fraction of sp³-hybridized carbons (Fsp3) is 0.118. The summed E-state index contributed by atoms with van der Waals surface area (Å²) in [6.45, 7) is 2.34. The zero-order valence-corrected chi connectivity index (χ0v) is 11.8. The van der Waals surface area contributed by atoms with Crippen LogP contribution in [-0.4, -0.2) is 9.55 Å². The Morgan fingerprint density at radius 2 is 2.05 bits per heavy atom. The molecule has 0 spiro atoms. The van der Waals surface area contributed by atoms with E-state index in [1.807, 2.05) is 41.1 Å². The standard InChI is InChI=1S/C17H16FN3/c1-13-6-7-14(10-15(13)18)11-20-16-4-2-3-5-17(16)21-9-8-19-12-21/h2-10,12,20H,11H2,1H3. The molecule has 2 aromatic carbocycles. The molecule has 0 radical (unpaired) electrons. The lowest BCUT2D eigenvalue weighted by Gasteiger charge is -2.12. The summed E-state index contributed by atoms with van der Waals surface area (Å²) < 4.78 is 15.5. The first-order valence-electron chi connectivity index (χ1n) is 6.80. The molecule has 3 aromatic rings. The van der Waals surface area contributed by atoms with Gasteiger partial charge in [-0.05, 0) is 36.2 Å². The molecule has 4 heteroatoms. The quantitative estimate of drug-likeness (QED) is 0.785. The third-order valence-electron chi connectivity index (χ3n) is 3.41. The van der Waals surface area contributed by atoms with Crippen LogP contribution in [0, 0.1) is 12.7 Å². The molecular weight excluding hydrogens is 265 g/mol. The molecule has 21 heavy (non-hydrogen) atoms. The van der Waals surface area contributed by atoms with Gasteiger partial charge in [-0.1, -0.05) is 24.3 Å². The molecule has 0 aliphatic carbocycles. The van der Waals surface area contributed by atoms with E-state index in [1.54, 1.807) is 31.6 Å². The molecule has 0 saturated carbocycles. The normalized spacial score (nSPS) is 10.6. The molecular formula is C17H16FN3. The van der Waals surface area contributed by atoms with Crippen molar-refractivity contribution in [2.75, 3.05) is 5.32 Å². The molecule has 0 atom stereocenters. The number of para-hydroxylation sites is 2. The Labute approximate surface area is 123 Å². The van der Waals surface area contributed by atoms with E-state index in [2.05, 4.69) is 10.3 Å². The highest BCUT2D eigenvalue weighted by Gasteiger charge is 2.04. The Balaban J connectivity index is 1.81. The minimum absolute atomic E-state index is 0.169. The lowest BCUT2D eigenvalue weighted by molar-refractivity contribution is 0.616. The van der Waals surface area contributed by atoms with Crippen molar-refractivity contribution in [3.63, 3.8) is 0 Å². The second-order valence-corrected chi connectivity index (χ2v) is 4.92. The summed E-state index contributed by atoms with van der Waals surface area (Å²) in [6.07, 6.45) is 5.39. The first kappa shape index (κ1) is 13.4. The average Bonchev–Trinajstić information content (AvgIpc) is 3.03. The number of aromatic nitrogens is 2. The molecule has 0 aliphatic heterocycles. The van der Waals surface area contributed by atoms with Crippen molar-refractivity contribution in [1.29, 1.82) is 0 Å². The predicted octanol–water partition coefficient (Wildman–Crippen LogP) is 3.93. The Bertz CT molecular complexity index is 736. The Morgan fingerprint density at radius 1 is 1.19 bits per heavy atom. The maximum Gasteiger partial charge on any atom is 0.126 e. The number of benzene rings is 2. The first-order valence-corrected chi connectivity index (χ1v) is 6.80. The predicted molar refractivity (Wildman–Crippen MR) is 82.0 cm³/mol. The van der Waals surface area contributed by atoms with Crippen molar-refractivity contribution < 1.29 is 4.39 Å². The summed E-state index contributed by atoms with van der Waals surface area (Å²) in [4.78, 5) is 4.06. The highest BCUT2D eigenvalue weighted by molar-refractivity contribution is 5.61. The van der Waals surface area contributed by atoms with Gasteiger partial charge >= 0.3 is 0 Å². The van der Waals surface area contributed by atoms with E-state index in [0.29, 0.717) is 12.1 Å². The number of hydrogen-bond donors (Lipinski definition) is 1. The van der Waals surface area contributed by atoms with E-state index < -0.39 is 0 Å². The molecule has 0 unspecified atom stereocenters. The molecule has 0 fully saturated rings. The average molecular weight is 281 g/mol. The van der Waals surface area contributed by atoms with Crippen molar-refractivity contribution in [2.24, 2.45) is 0 Å². The summed E-state index contributed by atoms with van der Waals surface area (Å²) in [5.74, 6) is -0.169. The number of imidazole rings is 1. The number of anilines is 1. The number of nitrogens with zero attached hydrogens (tertiary/aromatic N) is 2. The van der Waals surface area contributed by atoms with Gasteiger partial charge in [-0.15, -0.1) is 0 Å². The first-order chi connectivity index (χ1) is 10.2. The minimum Gasteiger partial charge on any atom is -0.379 e. The van der Waals surface area contributed by atoms with Gasteiger partial charge < -0.3 is 9.88 Å². The van der Waals surface area contributed by atoms with Gasteiger partial charge in [-0.3, -0.25) is 0 Å². The Morgan fingerprint density at radius 3 is 2.81 bits per heavy atom. The molecule has 0 amide bonds. The second-order valence-electron chi connectivity index (χ2n) is 4.92. The van der Waals surface area contributed by atoms with E-state index in [-0.39, 0.29) is 5.82 Å². The van der Waals surface area contributed by atoms with Crippen molar-refractivity contribution in [1.82, 2.24) is 9.55 Å². The van der Waals surface area contributed by atoms with Gasteiger partial charge in [0.25, 0.3) is 0 Å². The Hall–Kier alpha value is -2.62. The number of rotatable bonds is 4. The van der Waals surface area contributed by atoms with Gasteiger partial charge in [0.05, 0.1) is 17.7 Å². The van der Waals surface area contributed by atoms with Crippen LogP contribution < -0.4 is 5.32 Å². The van der Waals surface area contributed by atoms with Crippen molar-refractivity contribution in [3.05, 3.63) is 78.1 Å². The van der Waals surface area contributed by atoms with Crippen molar-refractivity contribution >= 4 is 5.69 Å². The third kappa shape index (κ3) is 2.94. The van der Waals surface area contributed by atoms with Crippen molar-refractivity contribution in [2.45, 2.75) is 13.5 Å². The number of aryl methyl sites for hydroxylation is 1. The minimum atomic E-state index is -0.169. The van der Waals surface area contributed by atoms with Crippen LogP contribution in [0.25, 0.3) is 5.69 Å². The van der Waals surface area contributed by atoms with Crippen molar-refractivity contribution in [3.8, 4) is 5.69 Å². The summed E-state index contributed by atoms with van der Waals surface area (Å²) in [5.41, 5.74) is 3.58. The fourth-order valence-corrected chi connectivity index (χ4v) is 2.19. The van der Waals surface area contributed by atoms with Crippen LogP contribution in [0.1, 0.15) is 11.1 Å². The molecule has 1 aromatic heterocycles. The van der Waals surface area contributed by atoms with E-state index >= 15 is 0 Å². The fourth-order valence-electron chi connectivity index (χ4n) is 2.19. The van der Waals surface area contributed by atoms with Crippen LogP contribution in [0.15, 0.2) is 61.2 Å². The highest BCUT2D eigenvalue weighted by atomic mass is 19.1. The van der Waals surface area contributed by atoms with Crippen LogP contribution >= 0.6 is 0 Å². The maximum absolute atomic E-state index is 13.6. The van der Waals surface area contributed by atoms with Crippen LogP contribution in [0.3, 0.4) is 0 Å². The smallest absolute Gasteiger partial charge is 0.126 e. The van der Waals surface area contributed by atoms with Gasteiger partial charge in [-0.2, -0.15) is 0 Å². The summed E-state index contributed by atoms with van der Waals surface area (Å²) in [6, 6.07) is 13.3. The molecule has 3 nitrogen and oxygen atoms in total. The van der Waals surface area contributed by atoms with E-state index in [1.165, 1.54) is 0 Å². The van der Waals surface area contributed by atoms with Gasteiger partial charge in [0.15, 0.2) is 0 Å².